The second-order valence-electron chi connectivity index (χ2n) is 3.90. The molecule has 1 heterocycles. The van der Waals surface area contributed by atoms with Crippen molar-refractivity contribution in [3.8, 4) is 11.4 Å². The standard InChI is InChI=1S/C13H15N3O2S/c1-8(17)11-12(14)15-13(19-3)16(11)9-6-4-5-7-10(9)18-2/h4-7H,14H2,1-3H3. The minimum Gasteiger partial charge on any atom is -0.495 e. The summed E-state index contributed by atoms with van der Waals surface area (Å²) in [6.45, 7) is 1.48. The van der Waals surface area contributed by atoms with Crippen molar-refractivity contribution in [2.24, 2.45) is 0 Å². The number of Topliss-reactive ketones (excluding diaryl/α,β-unsaturated/α-hetero) is 1. The van der Waals surface area contributed by atoms with Crippen molar-refractivity contribution in [2.75, 3.05) is 19.1 Å². The highest BCUT2D eigenvalue weighted by atomic mass is 32.2. The van der Waals surface area contributed by atoms with Gasteiger partial charge in [0.05, 0.1) is 12.8 Å². The van der Waals surface area contributed by atoms with Gasteiger partial charge in [0.15, 0.2) is 16.8 Å². The molecule has 0 saturated carbocycles. The van der Waals surface area contributed by atoms with Crippen LogP contribution in [-0.2, 0) is 0 Å². The molecule has 0 radical (unpaired) electrons. The number of carbonyl (C=O) groups excluding carboxylic acids is 1. The predicted molar refractivity (Wildman–Crippen MR) is 76.3 cm³/mol. The summed E-state index contributed by atoms with van der Waals surface area (Å²) < 4.78 is 7.07. The van der Waals surface area contributed by atoms with Gasteiger partial charge in [-0.1, -0.05) is 23.9 Å². The number of imidazole rings is 1. The number of para-hydroxylation sites is 2. The van der Waals surface area contributed by atoms with Crippen molar-refractivity contribution in [1.82, 2.24) is 9.55 Å². The lowest BCUT2D eigenvalue weighted by molar-refractivity contribution is 0.101. The highest BCUT2D eigenvalue weighted by Crippen LogP contribution is 2.31. The molecule has 1 aromatic carbocycles. The van der Waals surface area contributed by atoms with E-state index in [1.165, 1.54) is 18.7 Å². The lowest BCUT2D eigenvalue weighted by Gasteiger charge is -2.13. The molecule has 0 aliphatic rings. The SMILES string of the molecule is COc1ccccc1-n1c(SC)nc(N)c1C(C)=O. The van der Waals surface area contributed by atoms with E-state index in [1.807, 2.05) is 30.5 Å². The third-order valence-corrected chi connectivity index (χ3v) is 3.35. The van der Waals surface area contributed by atoms with Gasteiger partial charge in [-0.25, -0.2) is 4.98 Å². The molecule has 0 saturated heterocycles. The number of anilines is 1. The van der Waals surface area contributed by atoms with E-state index in [1.54, 1.807) is 11.7 Å². The van der Waals surface area contributed by atoms with E-state index in [4.69, 9.17) is 10.5 Å². The monoisotopic (exact) mass is 277 g/mol. The number of carbonyl (C=O) groups is 1. The van der Waals surface area contributed by atoms with Crippen LogP contribution in [0.5, 0.6) is 5.75 Å². The first-order valence-corrected chi connectivity index (χ1v) is 6.89. The van der Waals surface area contributed by atoms with Crippen LogP contribution < -0.4 is 10.5 Å². The van der Waals surface area contributed by atoms with Gasteiger partial charge in [-0.15, -0.1) is 0 Å². The number of ketones is 1. The zero-order valence-corrected chi connectivity index (χ0v) is 11.8. The minimum absolute atomic E-state index is 0.129. The van der Waals surface area contributed by atoms with Gasteiger partial charge in [0.1, 0.15) is 11.4 Å². The second kappa shape index (κ2) is 5.36. The van der Waals surface area contributed by atoms with Crippen LogP contribution in [0.3, 0.4) is 0 Å². The Labute approximate surface area is 115 Å². The van der Waals surface area contributed by atoms with E-state index in [0.29, 0.717) is 16.6 Å². The van der Waals surface area contributed by atoms with Crippen LogP contribution in [0.25, 0.3) is 5.69 Å². The Morgan fingerprint density at radius 2 is 2.11 bits per heavy atom. The average molecular weight is 277 g/mol. The van der Waals surface area contributed by atoms with Gasteiger partial charge in [0.25, 0.3) is 0 Å². The molecule has 0 amide bonds. The molecule has 1 aromatic heterocycles. The van der Waals surface area contributed by atoms with Gasteiger partial charge in [0.2, 0.25) is 0 Å². The first kappa shape index (κ1) is 13.5. The normalized spacial score (nSPS) is 10.5. The van der Waals surface area contributed by atoms with Crippen LogP contribution in [0, 0.1) is 0 Å². The predicted octanol–water partition coefficient (Wildman–Crippen LogP) is 2.39. The van der Waals surface area contributed by atoms with Gasteiger partial charge in [-0.2, -0.15) is 0 Å². The molecule has 2 rings (SSSR count). The maximum atomic E-state index is 11.8. The summed E-state index contributed by atoms with van der Waals surface area (Å²) in [4.78, 5) is 16.0. The summed E-state index contributed by atoms with van der Waals surface area (Å²) in [5.41, 5.74) is 6.98. The lowest BCUT2D eigenvalue weighted by atomic mass is 10.2. The number of benzene rings is 1. The van der Waals surface area contributed by atoms with Crippen molar-refractivity contribution in [3.05, 3.63) is 30.0 Å². The Morgan fingerprint density at radius 1 is 1.42 bits per heavy atom. The highest BCUT2D eigenvalue weighted by Gasteiger charge is 2.21. The van der Waals surface area contributed by atoms with Crippen LogP contribution in [-0.4, -0.2) is 28.7 Å². The summed E-state index contributed by atoms with van der Waals surface area (Å²) in [5.74, 6) is 0.775. The van der Waals surface area contributed by atoms with E-state index < -0.39 is 0 Å². The summed E-state index contributed by atoms with van der Waals surface area (Å²) >= 11 is 1.43. The maximum absolute atomic E-state index is 11.8. The molecule has 0 spiro atoms. The molecule has 2 N–H and O–H groups in total. The quantitative estimate of drug-likeness (QED) is 0.686. The van der Waals surface area contributed by atoms with Crippen LogP contribution in [0.4, 0.5) is 5.82 Å². The minimum atomic E-state index is -0.129. The molecule has 100 valence electrons. The van der Waals surface area contributed by atoms with Gasteiger partial charge >= 0.3 is 0 Å². The van der Waals surface area contributed by atoms with Crippen molar-refractivity contribution < 1.29 is 9.53 Å². The summed E-state index contributed by atoms with van der Waals surface area (Å²) in [7, 11) is 1.59. The molecule has 6 heteroatoms. The van der Waals surface area contributed by atoms with E-state index in [-0.39, 0.29) is 11.6 Å². The molecule has 0 atom stereocenters. The van der Waals surface area contributed by atoms with E-state index in [2.05, 4.69) is 4.98 Å². The molecular formula is C13H15N3O2S. The number of hydrogen-bond acceptors (Lipinski definition) is 5. The van der Waals surface area contributed by atoms with Crippen LogP contribution >= 0.6 is 11.8 Å². The Kier molecular flexibility index (Phi) is 3.80. The molecule has 0 fully saturated rings. The summed E-state index contributed by atoms with van der Waals surface area (Å²) in [6.07, 6.45) is 1.89. The molecule has 19 heavy (non-hydrogen) atoms. The van der Waals surface area contributed by atoms with Crippen molar-refractivity contribution >= 4 is 23.4 Å². The average Bonchev–Trinajstić information content (AvgIpc) is 2.75. The third-order valence-electron chi connectivity index (χ3n) is 2.72. The number of aromatic nitrogens is 2. The number of methoxy groups -OCH3 is 1. The third kappa shape index (κ3) is 2.31. The fourth-order valence-electron chi connectivity index (χ4n) is 1.93. The van der Waals surface area contributed by atoms with Gasteiger partial charge in [0, 0.05) is 6.92 Å². The number of nitrogens with two attached hydrogens (primary N) is 1. The molecule has 5 nitrogen and oxygen atoms in total. The topological polar surface area (TPSA) is 70.1 Å². The van der Waals surface area contributed by atoms with Crippen LogP contribution in [0.15, 0.2) is 29.4 Å². The van der Waals surface area contributed by atoms with Gasteiger partial charge in [-0.3, -0.25) is 9.36 Å². The van der Waals surface area contributed by atoms with Gasteiger partial charge in [-0.05, 0) is 18.4 Å². The lowest BCUT2D eigenvalue weighted by Crippen LogP contribution is -2.08. The first-order valence-electron chi connectivity index (χ1n) is 5.66. The smallest absolute Gasteiger partial charge is 0.180 e. The zero-order chi connectivity index (χ0) is 14.0. The number of ether oxygens (including phenoxy) is 1. The molecule has 0 aliphatic carbocycles. The summed E-state index contributed by atoms with van der Waals surface area (Å²) in [6, 6.07) is 7.45. The molecule has 0 aliphatic heterocycles. The number of nitrogens with zero attached hydrogens (tertiary/aromatic N) is 2. The Bertz CT molecular complexity index is 622. The Balaban J connectivity index is 2.76. The van der Waals surface area contributed by atoms with E-state index in [9.17, 15) is 4.79 Å². The van der Waals surface area contributed by atoms with Gasteiger partial charge < -0.3 is 10.5 Å². The highest BCUT2D eigenvalue weighted by molar-refractivity contribution is 7.98. The fourth-order valence-corrected chi connectivity index (χ4v) is 2.49. The van der Waals surface area contributed by atoms with Crippen molar-refractivity contribution in [1.29, 1.82) is 0 Å². The van der Waals surface area contributed by atoms with Crippen molar-refractivity contribution in [3.63, 3.8) is 0 Å². The maximum Gasteiger partial charge on any atom is 0.180 e. The number of hydrogen-bond donors (Lipinski definition) is 1. The van der Waals surface area contributed by atoms with Crippen LogP contribution in [0.1, 0.15) is 17.4 Å². The largest absolute Gasteiger partial charge is 0.495 e. The number of rotatable bonds is 4. The molecule has 0 bridgehead atoms. The molecule has 2 aromatic rings. The Morgan fingerprint density at radius 3 is 2.68 bits per heavy atom. The number of nitrogen functional groups attached to an aromatic ring is 1. The molecule has 0 unspecified atom stereocenters. The number of thioether (sulfide) groups is 1. The van der Waals surface area contributed by atoms with E-state index in [0.717, 1.165) is 5.69 Å². The summed E-state index contributed by atoms with van der Waals surface area (Å²) in [5, 5.41) is 0.659. The van der Waals surface area contributed by atoms with Crippen molar-refractivity contribution in [2.45, 2.75) is 12.1 Å². The fraction of sp³-hybridized carbons (Fsp3) is 0.231. The Hall–Kier alpha value is -1.95. The zero-order valence-electron chi connectivity index (χ0n) is 11.0. The second-order valence-corrected chi connectivity index (χ2v) is 4.67. The first-order chi connectivity index (χ1) is 9.10. The van der Waals surface area contributed by atoms with E-state index >= 15 is 0 Å². The molecular weight excluding hydrogens is 262 g/mol. The van der Waals surface area contributed by atoms with Crippen LogP contribution in [0.2, 0.25) is 0 Å².